The lowest BCUT2D eigenvalue weighted by atomic mass is 10.1. The molecule has 2 amide bonds. The van der Waals surface area contributed by atoms with E-state index >= 15 is 0 Å². The summed E-state index contributed by atoms with van der Waals surface area (Å²) in [5.74, 6) is -0.595. The molecule has 0 fully saturated rings. The predicted molar refractivity (Wildman–Crippen MR) is 91.9 cm³/mol. The molecule has 6 heteroatoms. The Hall–Kier alpha value is -3.41. The molecule has 126 valence electrons. The first-order valence-corrected chi connectivity index (χ1v) is 7.56. The molecule has 3 aromatic rings. The van der Waals surface area contributed by atoms with E-state index in [-0.39, 0.29) is 17.5 Å². The molecular formula is C19H15FN2O3. The first kappa shape index (κ1) is 16.4. The van der Waals surface area contributed by atoms with Crippen LogP contribution in [0.5, 0.6) is 0 Å². The van der Waals surface area contributed by atoms with Crippen LogP contribution in [0, 0.1) is 5.82 Å². The van der Waals surface area contributed by atoms with Gasteiger partial charge in [0.05, 0.1) is 11.3 Å². The lowest BCUT2D eigenvalue weighted by molar-refractivity contribution is 0.0964. The second-order valence-electron chi connectivity index (χ2n) is 5.25. The summed E-state index contributed by atoms with van der Waals surface area (Å²) in [7, 11) is 1.52. The van der Waals surface area contributed by atoms with Crippen LogP contribution >= 0.6 is 0 Å². The molecule has 0 radical (unpaired) electrons. The van der Waals surface area contributed by atoms with Gasteiger partial charge in [-0.05, 0) is 48.5 Å². The number of para-hydroxylation sites is 1. The quantitative estimate of drug-likeness (QED) is 0.762. The van der Waals surface area contributed by atoms with E-state index in [9.17, 15) is 14.0 Å². The molecule has 0 bridgehead atoms. The van der Waals surface area contributed by atoms with Gasteiger partial charge in [0.2, 0.25) is 0 Å². The van der Waals surface area contributed by atoms with E-state index in [0.717, 1.165) is 0 Å². The molecule has 1 aromatic heterocycles. The van der Waals surface area contributed by atoms with Crippen molar-refractivity contribution in [1.82, 2.24) is 5.32 Å². The van der Waals surface area contributed by atoms with Crippen LogP contribution in [0.4, 0.5) is 10.1 Å². The van der Waals surface area contributed by atoms with E-state index in [2.05, 4.69) is 10.6 Å². The van der Waals surface area contributed by atoms with Crippen LogP contribution in [0.2, 0.25) is 0 Å². The molecule has 2 N–H and O–H groups in total. The maximum absolute atomic E-state index is 13.0. The average molecular weight is 338 g/mol. The van der Waals surface area contributed by atoms with Gasteiger partial charge >= 0.3 is 0 Å². The van der Waals surface area contributed by atoms with Crippen molar-refractivity contribution < 1.29 is 18.4 Å². The van der Waals surface area contributed by atoms with E-state index in [1.165, 1.54) is 25.2 Å². The monoisotopic (exact) mass is 338 g/mol. The third kappa shape index (κ3) is 3.58. The number of hydrogen-bond acceptors (Lipinski definition) is 3. The Bertz CT molecular complexity index is 916. The molecule has 0 aliphatic rings. The number of benzene rings is 2. The molecule has 3 rings (SSSR count). The van der Waals surface area contributed by atoms with Crippen molar-refractivity contribution >= 4 is 17.5 Å². The summed E-state index contributed by atoms with van der Waals surface area (Å²) in [5.41, 5.74) is 1.39. The lowest BCUT2D eigenvalue weighted by Crippen LogP contribution is -2.21. The fraction of sp³-hybridized carbons (Fsp3) is 0.0526. The zero-order chi connectivity index (χ0) is 17.8. The van der Waals surface area contributed by atoms with Crippen LogP contribution in [0.25, 0.3) is 11.3 Å². The smallest absolute Gasteiger partial charge is 0.291 e. The number of nitrogens with one attached hydrogen (secondary N) is 2. The minimum atomic E-state index is -0.482. The predicted octanol–water partition coefficient (Wildman–Crippen LogP) is 3.70. The Balaban J connectivity index is 1.81. The van der Waals surface area contributed by atoms with Crippen molar-refractivity contribution in [3.63, 3.8) is 0 Å². The fourth-order valence-corrected chi connectivity index (χ4v) is 2.34. The van der Waals surface area contributed by atoms with Crippen LogP contribution in [0.1, 0.15) is 20.9 Å². The molecule has 0 atom stereocenters. The van der Waals surface area contributed by atoms with Gasteiger partial charge in [-0.15, -0.1) is 0 Å². The number of hydrogen-bond donors (Lipinski definition) is 2. The first-order valence-electron chi connectivity index (χ1n) is 7.56. The second kappa shape index (κ2) is 7.00. The Morgan fingerprint density at radius 3 is 2.36 bits per heavy atom. The Morgan fingerprint density at radius 2 is 1.64 bits per heavy atom. The summed E-state index contributed by atoms with van der Waals surface area (Å²) in [6, 6.07) is 15.6. The number of carbonyl (C=O) groups is 2. The number of anilines is 1. The standard InChI is InChI=1S/C19H15FN2O3/c1-21-18(23)14-4-2-3-5-15(14)22-19(24)17-11-10-16(25-17)12-6-8-13(20)9-7-12/h2-11H,1H3,(H,21,23)(H,22,24). The normalized spacial score (nSPS) is 10.3. The van der Waals surface area contributed by atoms with Gasteiger partial charge in [0, 0.05) is 12.6 Å². The van der Waals surface area contributed by atoms with E-state index < -0.39 is 5.91 Å². The number of halogens is 1. The summed E-state index contributed by atoms with van der Waals surface area (Å²) in [4.78, 5) is 24.2. The van der Waals surface area contributed by atoms with Gasteiger partial charge in [0.25, 0.3) is 11.8 Å². The molecule has 1 heterocycles. The molecular weight excluding hydrogens is 323 g/mol. The van der Waals surface area contributed by atoms with Crippen molar-refractivity contribution in [2.45, 2.75) is 0 Å². The average Bonchev–Trinajstić information content (AvgIpc) is 3.12. The molecule has 25 heavy (non-hydrogen) atoms. The number of furan rings is 1. The minimum absolute atomic E-state index is 0.0889. The zero-order valence-corrected chi connectivity index (χ0v) is 13.4. The van der Waals surface area contributed by atoms with E-state index in [1.807, 2.05) is 0 Å². The maximum atomic E-state index is 13.0. The van der Waals surface area contributed by atoms with Gasteiger partial charge in [0.15, 0.2) is 5.76 Å². The van der Waals surface area contributed by atoms with Crippen molar-refractivity contribution in [1.29, 1.82) is 0 Å². The highest BCUT2D eigenvalue weighted by atomic mass is 19.1. The van der Waals surface area contributed by atoms with Crippen LogP contribution in [0.15, 0.2) is 65.1 Å². The zero-order valence-electron chi connectivity index (χ0n) is 13.4. The summed E-state index contributed by atoms with van der Waals surface area (Å²) < 4.78 is 18.5. The minimum Gasteiger partial charge on any atom is -0.451 e. The third-order valence-corrected chi connectivity index (χ3v) is 3.61. The molecule has 0 unspecified atom stereocenters. The highest BCUT2D eigenvalue weighted by molar-refractivity contribution is 6.08. The molecule has 0 spiro atoms. The van der Waals surface area contributed by atoms with Crippen molar-refractivity contribution in [3.05, 3.63) is 77.8 Å². The van der Waals surface area contributed by atoms with Gasteiger partial charge in [-0.1, -0.05) is 12.1 Å². The SMILES string of the molecule is CNC(=O)c1ccccc1NC(=O)c1ccc(-c2ccc(F)cc2)o1. The van der Waals surface area contributed by atoms with E-state index in [0.29, 0.717) is 22.6 Å². The van der Waals surface area contributed by atoms with Gasteiger partial charge < -0.3 is 15.1 Å². The van der Waals surface area contributed by atoms with E-state index in [1.54, 1.807) is 42.5 Å². The van der Waals surface area contributed by atoms with Gasteiger partial charge in [-0.25, -0.2) is 4.39 Å². The number of carbonyl (C=O) groups excluding carboxylic acids is 2. The molecule has 0 aliphatic heterocycles. The summed E-state index contributed by atoms with van der Waals surface area (Å²) in [6.45, 7) is 0. The lowest BCUT2D eigenvalue weighted by Gasteiger charge is -2.08. The van der Waals surface area contributed by atoms with Crippen LogP contribution in [-0.4, -0.2) is 18.9 Å². The Kier molecular flexibility index (Phi) is 4.61. The summed E-state index contributed by atoms with van der Waals surface area (Å²) in [6.07, 6.45) is 0. The van der Waals surface area contributed by atoms with Gasteiger partial charge in [-0.2, -0.15) is 0 Å². The Labute approximate surface area is 143 Å². The summed E-state index contributed by atoms with van der Waals surface area (Å²) in [5, 5.41) is 5.18. The van der Waals surface area contributed by atoms with E-state index in [4.69, 9.17) is 4.42 Å². The van der Waals surface area contributed by atoms with Gasteiger partial charge in [0.1, 0.15) is 11.6 Å². The molecule has 0 aliphatic carbocycles. The molecule has 2 aromatic carbocycles. The fourth-order valence-electron chi connectivity index (χ4n) is 2.34. The third-order valence-electron chi connectivity index (χ3n) is 3.61. The first-order chi connectivity index (χ1) is 12.1. The second-order valence-corrected chi connectivity index (χ2v) is 5.25. The largest absolute Gasteiger partial charge is 0.451 e. The highest BCUT2D eigenvalue weighted by Crippen LogP contribution is 2.23. The van der Waals surface area contributed by atoms with Crippen molar-refractivity contribution in [2.75, 3.05) is 12.4 Å². The van der Waals surface area contributed by atoms with Crippen molar-refractivity contribution in [3.8, 4) is 11.3 Å². The maximum Gasteiger partial charge on any atom is 0.291 e. The summed E-state index contributed by atoms with van der Waals surface area (Å²) >= 11 is 0. The molecule has 5 nitrogen and oxygen atoms in total. The van der Waals surface area contributed by atoms with Crippen molar-refractivity contribution in [2.24, 2.45) is 0 Å². The molecule has 0 saturated carbocycles. The number of amides is 2. The highest BCUT2D eigenvalue weighted by Gasteiger charge is 2.16. The topological polar surface area (TPSA) is 71.3 Å². The van der Waals surface area contributed by atoms with Crippen LogP contribution < -0.4 is 10.6 Å². The molecule has 0 saturated heterocycles. The van der Waals surface area contributed by atoms with Crippen LogP contribution in [0.3, 0.4) is 0 Å². The Morgan fingerprint density at radius 1 is 0.920 bits per heavy atom. The number of rotatable bonds is 4. The van der Waals surface area contributed by atoms with Crippen LogP contribution in [-0.2, 0) is 0 Å². The van der Waals surface area contributed by atoms with Gasteiger partial charge in [-0.3, -0.25) is 9.59 Å².